The second kappa shape index (κ2) is 8.01. The molecule has 2 fully saturated rings. The number of hydrogen-bond acceptors (Lipinski definition) is 5. The predicted molar refractivity (Wildman–Crippen MR) is 105 cm³/mol. The highest BCUT2D eigenvalue weighted by Crippen LogP contribution is 2.50. The maximum Gasteiger partial charge on any atom is 0.336 e. The molecule has 3 aliphatic rings. The van der Waals surface area contributed by atoms with Crippen molar-refractivity contribution < 1.29 is 23.5 Å². The third kappa shape index (κ3) is 3.93. The normalized spacial score (nSPS) is 19.8. The summed E-state index contributed by atoms with van der Waals surface area (Å²) in [5, 5.41) is 3.45. The molecule has 0 aromatic heterocycles. The zero-order valence-corrected chi connectivity index (χ0v) is 16.8. The summed E-state index contributed by atoms with van der Waals surface area (Å²) in [6, 6.07) is 5.99. The Balaban J connectivity index is 1.90. The van der Waals surface area contributed by atoms with Crippen molar-refractivity contribution in [3.05, 3.63) is 58.2 Å². The molecule has 4 rings (SSSR count). The van der Waals surface area contributed by atoms with E-state index in [-0.39, 0.29) is 30.9 Å². The Hall–Kier alpha value is -2.63. The number of hydrogen-bond donors (Lipinski definition) is 1. The first-order chi connectivity index (χ1) is 14.0. The summed E-state index contributed by atoms with van der Waals surface area (Å²) in [6.07, 6.45) is 3.98. The van der Waals surface area contributed by atoms with Crippen LogP contribution in [0, 0.1) is 17.7 Å². The first kappa shape index (κ1) is 19.7. The van der Waals surface area contributed by atoms with Gasteiger partial charge in [0.25, 0.3) is 0 Å². The van der Waals surface area contributed by atoms with E-state index in [9.17, 15) is 14.0 Å². The Morgan fingerprint density at radius 2 is 1.34 bits per heavy atom. The summed E-state index contributed by atoms with van der Waals surface area (Å²) in [5.41, 5.74) is 3.30. The molecule has 0 atom stereocenters. The topological polar surface area (TPSA) is 64.6 Å². The Morgan fingerprint density at radius 1 is 0.897 bits per heavy atom. The van der Waals surface area contributed by atoms with Gasteiger partial charge < -0.3 is 14.8 Å². The van der Waals surface area contributed by atoms with Crippen LogP contribution in [0.3, 0.4) is 0 Å². The number of rotatable bonds is 7. The standard InChI is InChI=1S/C23H26FNO4/c1-3-28-22(26)18-17(13-9-11-16(24)12-10-13)19(23(27)29-4-2)21(15-7-8-15)25-20(18)14-5-6-14/h9-12,14-15,17,25H,3-8H2,1-2H3. The molecule has 6 heteroatoms. The number of esters is 2. The summed E-state index contributed by atoms with van der Waals surface area (Å²) < 4.78 is 24.4. The minimum Gasteiger partial charge on any atom is -0.463 e. The van der Waals surface area contributed by atoms with Gasteiger partial charge in [0, 0.05) is 11.4 Å². The molecule has 1 aliphatic heterocycles. The van der Waals surface area contributed by atoms with E-state index in [4.69, 9.17) is 9.47 Å². The van der Waals surface area contributed by atoms with Crippen molar-refractivity contribution in [2.75, 3.05) is 13.2 Å². The summed E-state index contributed by atoms with van der Waals surface area (Å²) in [7, 11) is 0. The second-order valence-electron chi connectivity index (χ2n) is 7.75. The Labute approximate surface area is 170 Å². The lowest BCUT2D eigenvalue weighted by Gasteiger charge is -2.33. The fraction of sp³-hybridized carbons (Fsp3) is 0.478. The minimum absolute atomic E-state index is 0.240. The van der Waals surface area contributed by atoms with Crippen LogP contribution in [-0.2, 0) is 19.1 Å². The van der Waals surface area contributed by atoms with Crippen LogP contribution >= 0.6 is 0 Å². The molecule has 29 heavy (non-hydrogen) atoms. The van der Waals surface area contributed by atoms with E-state index in [1.165, 1.54) is 12.1 Å². The van der Waals surface area contributed by atoms with Gasteiger partial charge in [-0.25, -0.2) is 14.0 Å². The molecule has 0 amide bonds. The monoisotopic (exact) mass is 399 g/mol. The highest BCUT2D eigenvalue weighted by molar-refractivity contribution is 6.00. The fourth-order valence-electron chi connectivity index (χ4n) is 3.98. The summed E-state index contributed by atoms with van der Waals surface area (Å²) >= 11 is 0. The molecule has 0 unspecified atom stereocenters. The summed E-state index contributed by atoms with van der Waals surface area (Å²) in [5.74, 6) is -1.34. The number of allylic oxidation sites excluding steroid dienone is 2. The average Bonchev–Trinajstić information content (AvgIpc) is 3.60. The van der Waals surface area contributed by atoms with E-state index < -0.39 is 17.9 Å². The third-order valence-electron chi connectivity index (χ3n) is 5.59. The van der Waals surface area contributed by atoms with Crippen molar-refractivity contribution in [3.8, 4) is 0 Å². The first-order valence-corrected chi connectivity index (χ1v) is 10.4. The fourth-order valence-corrected chi connectivity index (χ4v) is 3.98. The van der Waals surface area contributed by atoms with Gasteiger partial charge in [0.1, 0.15) is 5.82 Å². The van der Waals surface area contributed by atoms with E-state index in [0.29, 0.717) is 16.7 Å². The van der Waals surface area contributed by atoms with Crippen molar-refractivity contribution >= 4 is 11.9 Å². The molecule has 5 nitrogen and oxygen atoms in total. The summed E-state index contributed by atoms with van der Waals surface area (Å²) in [4.78, 5) is 26.1. The Morgan fingerprint density at radius 3 is 1.72 bits per heavy atom. The van der Waals surface area contributed by atoms with Gasteiger partial charge in [-0.2, -0.15) is 0 Å². The number of carbonyl (C=O) groups is 2. The zero-order chi connectivity index (χ0) is 20.5. The van der Waals surface area contributed by atoms with Crippen molar-refractivity contribution in [1.82, 2.24) is 5.32 Å². The molecular formula is C23H26FNO4. The maximum absolute atomic E-state index is 13.6. The van der Waals surface area contributed by atoms with Crippen molar-refractivity contribution in [2.45, 2.75) is 45.4 Å². The van der Waals surface area contributed by atoms with E-state index in [1.807, 2.05) is 0 Å². The Kier molecular flexibility index (Phi) is 5.43. The molecule has 0 bridgehead atoms. The van der Waals surface area contributed by atoms with Gasteiger partial charge in [-0.3, -0.25) is 0 Å². The molecule has 154 valence electrons. The van der Waals surface area contributed by atoms with E-state index in [2.05, 4.69) is 5.32 Å². The lowest BCUT2D eigenvalue weighted by atomic mass is 9.78. The van der Waals surface area contributed by atoms with E-state index >= 15 is 0 Å². The molecule has 1 aromatic carbocycles. The first-order valence-electron chi connectivity index (χ1n) is 10.4. The molecule has 0 radical (unpaired) electrons. The SMILES string of the molecule is CCOC(=O)C1=C(C2CC2)NC(C2CC2)=C(C(=O)OCC)C1c1ccc(F)cc1. The maximum atomic E-state index is 13.6. The van der Waals surface area contributed by atoms with Gasteiger partial charge in [0.15, 0.2) is 0 Å². The van der Waals surface area contributed by atoms with Gasteiger partial charge in [-0.1, -0.05) is 12.1 Å². The van der Waals surface area contributed by atoms with Gasteiger partial charge in [0.2, 0.25) is 0 Å². The van der Waals surface area contributed by atoms with Crippen molar-refractivity contribution in [3.63, 3.8) is 0 Å². The average molecular weight is 399 g/mol. The highest BCUT2D eigenvalue weighted by atomic mass is 19.1. The van der Waals surface area contributed by atoms with Crippen LogP contribution in [0.2, 0.25) is 0 Å². The molecular weight excluding hydrogens is 373 g/mol. The number of dihydropyridines is 1. The van der Waals surface area contributed by atoms with Crippen LogP contribution in [-0.4, -0.2) is 25.2 Å². The lowest BCUT2D eigenvalue weighted by molar-refractivity contribution is -0.139. The van der Waals surface area contributed by atoms with Crippen LogP contribution in [0.25, 0.3) is 0 Å². The van der Waals surface area contributed by atoms with E-state index in [0.717, 1.165) is 37.1 Å². The highest BCUT2D eigenvalue weighted by Gasteiger charge is 2.46. The van der Waals surface area contributed by atoms with Gasteiger partial charge >= 0.3 is 11.9 Å². The number of carbonyl (C=O) groups excluding carboxylic acids is 2. The van der Waals surface area contributed by atoms with Gasteiger partial charge in [0.05, 0.1) is 30.3 Å². The van der Waals surface area contributed by atoms with Crippen LogP contribution < -0.4 is 5.32 Å². The predicted octanol–water partition coefficient (Wildman–Crippen LogP) is 3.97. The van der Waals surface area contributed by atoms with Crippen molar-refractivity contribution in [1.29, 1.82) is 0 Å². The number of halogens is 1. The number of ether oxygens (including phenoxy) is 2. The molecule has 0 saturated heterocycles. The van der Waals surface area contributed by atoms with Gasteiger partial charge in [-0.05, 0) is 69.1 Å². The zero-order valence-electron chi connectivity index (χ0n) is 16.8. The van der Waals surface area contributed by atoms with Crippen LogP contribution in [0.15, 0.2) is 46.8 Å². The largest absolute Gasteiger partial charge is 0.463 e. The molecule has 1 heterocycles. The lowest BCUT2D eigenvalue weighted by Crippen LogP contribution is -2.35. The van der Waals surface area contributed by atoms with Crippen LogP contribution in [0.4, 0.5) is 4.39 Å². The third-order valence-corrected chi connectivity index (χ3v) is 5.59. The number of benzene rings is 1. The second-order valence-corrected chi connectivity index (χ2v) is 7.75. The van der Waals surface area contributed by atoms with E-state index in [1.54, 1.807) is 26.0 Å². The molecule has 1 N–H and O–H groups in total. The van der Waals surface area contributed by atoms with Crippen molar-refractivity contribution in [2.24, 2.45) is 11.8 Å². The molecule has 0 spiro atoms. The number of nitrogens with one attached hydrogen (secondary N) is 1. The van der Waals surface area contributed by atoms with Crippen LogP contribution in [0.1, 0.15) is 51.0 Å². The molecule has 1 aromatic rings. The van der Waals surface area contributed by atoms with Crippen LogP contribution in [0.5, 0.6) is 0 Å². The minimum atomic E-state index is -0.624. The molecule has 2 saturated carbocycles. The molecule has 2 aliphatic carbocycles. The summed E-state index contributed by atoms with van der Waals surface area (Å²) in [6.45, 7) is 4.00. The Bertz CT molecular complexity index is 829. The van der Waals surface area contributed by atoms with Gasteiger partial charge in [-0.15, -0.1) is 0 Å². The quantitative estimate of drug-likeness (QED) is 0.703. The smallest absolute Gasteiger partial charge is 0.336 e.